The van der Waals surface area contributed by atoms with Gasteiger partial charge in [0.2, 0.25) is 0 Å². The molecule has 0 aromatic heterocycles. The van der Waals surface area contributed by atoms with E-state index in [1.54, 1.807) is 0 Å². The lowest BCUT2D eigenvalue weighted by Gasteiger charge is -2.27. The summed E-state index contributed by atoms with van der Waals surface area (Å²) in [6.07, 6.45) is 13.8. The summed E-state index contributed by atoms with van der Waals surface area (Å²) < 4.78 is 5.11. The van der Waals surface area contributed by atoms with Gasteiger partial charge in [-0.3, -0.25) is 4.79 Å². The predicted octanol–water partition coefficient (Wildman–Crippen LogP) is 5.78. The number of unbranched alkanes of at least 4 members (excludes halogenated alkanes) is 8. The molecule has 0 atom stereocenters. The topological polar surface area (TPSA) is 50.1 Å². The van der Waals surface area contributed by atoms with E-state index in [0.717, 1.165) is 25.7 Å². The number of nitriles is 1. The first-order valence-corrected chi connectivity index (χ1v) is 9.15. The van der Waals surface area contributed by atoms with Gasteiger partial charge in [0, 0.05) is 0 Å². The summed E-state index contributed by atoms with van der Waals surface area (Å²) in [5.74, 6) is -0.181. The van der Waals surface area contributed by atoms with Crippen molar-refractivity contribution < 1.29 is 9.53 Å². The lowest BCUT2D eigenvalue weighted by atomic mass is 9.79. The molecule has 3 heteroatoms. The molecule has 0 heterocycles. The minimum atomic E-state index is -0.407. The van der Waals surface area contributed by atoms with Crippen LogP contribution in [0.3, 0.4) is 0 Å². The Labute approximate surface area is 137 Å². The number of carbonyl (C=O) groups excluding carboxylic acids is 1. The Balaban J connectivity index is 4.28. The fourth-order valence-electron chi connectivity index (χ4n) is 2.84. The highest BCUT2D eigenvalue weighted by Crippen LogP contribution is 2.33. The predicted molar refractivity (Wildman–Crippen MR) is 91.4 cm³/mol. The van der Waals surface area contributed by atoms with Gasteiger partial charge in [0.15, 0.2) is 6.61 Å². The van der Waals surface area contributed by atoms with E-state index in [4.69, 9.17) is 10.00 Å². The van der Waals surface area contributed by atoms with Crippen molar-refractivity contribution >= 4 is 5.97 Å². The summed E-state index contributed by atoms with van der Waals surface area (Å²) in [6, 6.07) is 1.90. The molecule has 0 spiro atoms. The Morgan fingerprint density at radius 3 is 1.77 bits per heavy atom. The minimum Gasteiger partial charge on any atom is -0.450 e. The molecule has 0 rings (SSSR count). The number of rotatable bonds is 14. The molecule has 0 saturated carbocycles. The number of nitrogens with zero attached hydrogens (tertiary/aromatic N) is 1. The van der Waals surface area contributed by atoms with Gasteiger partial charge in [0.05, 0.1) is 5.41 Å². The van der Waals surface area contributed by atoms with Gasteiger partial charge in [-0.1, -0.05) is 78.1 Å². The van der Waals surface area contributed by atoms with Crippen LogP contribution in [-0.4, -0.2) is 12.6 Å². The Hall–Kier alpha value is -1.04. The molecule has 0 aromatic rings. The molecule has 0 bridgehead atoms. The molecule has 0 saturated heterocycles. The number of ether oxygens (including phenoxy) is 1. The second-order valence-corrected chi connectivity index (χ2v) is 6.62. The lowest BCUT2D eigenvalue weighted by molar-refractivity contribution is -0.154. The summed E-state index contributed by atoms with van der Waals surface area (Å²) in [7, 11) is 0. The zero-order valence-electron chi connectivity index (χ0n) is 15.0. The third-order valence-corrected chi connectivity index (χ3v) is 4.42. The van der Waals surface area contributed by atoms with Crippen molar-refractivity contribution in [3.63, 3.8) is 0 Å². The molecule has 0 N–H and O–H groups in total. The summed E-state index contributed by atoms with van der Waals surface area (Å²) >= 11 is 0. The van der Waals surface area contributed by atoms with Crippen molar-refractivity contribution in [2.45, 2.75) is 97.8 Å². The van der Waals surface area contributed by atoms with Crippen LogP contribution in [0, 0.1) is 16.7 Å². The third kappa shape index (κ3) is 9.82. The highest BCUT2D eigenvalue weighted by Gasteiger charge is 2.33. The molecular formula is C19H35NO2. The number of hydrogen-bond donors (Lipinski definition) is 0. The van der Waals surface area contributed by atoms with E-state index in [9.17, 15) is 4.79 Å². The van der Waals surface area contributed by atoms with Gasteiger partial charge in [-0.25, -0.2) is 0 Å². The smallest absolute Gasteiger partial charge is 0.312 e. The zero-order valence-corrected chi connectivity index (χ0v) is 15.0. The molecule has 0 aliphatic carbocycles. The SMILES string of the molecule is CCCCCCCC(C)(CCCCCCC)C(=O)OCC#N. The average molecular weight is 309 g/mol. The first kappa shape index (κ1) is 21.0. The van der Waals surface area contributed by atoms with Crippen molar-refractivity contribution in [2.75, 3.05) is 6.61 Å². The van der Waals surface area contributed by atoms with E-state index in [-0.39, 0.29) is 12.6 Å². The summed E-state index contributed by atoms with van der Waals surface area (Å²) in [5.41, 5.74) is -0.407. The van der Waals surface area contributed by atoms with Crippen LogP contribution in [0.25, 0.3) is 0 Å². The molecule has 128 valence electrons. The van der Waals surface area contributed by atoms with Gasteiger partial charge in [-0.2, -0.15) is 5.26 Å². The van der Waals surface area contributed by atoms with Crippen LogP contribution in [0.1, 0.15) is 97.8 Å². The Morgan fingerprint density at radius 1 is 0.909 bits per heavy atom. The Bertz CT molecular complexity index is 306. The van der Waals surface area contributed by atoms with Crippen molar-refractivity contribution in [2.24, 2.45) is 5.41 Å². The maximum atomic E-state index is 12.3. The Morgan fingerprint density at radius 2 is 1.36 bits per heavy atom. The number of hydrogen-bond acceptors (Lipinski definition) is 3. The van der Waals surface area contributed by atoms with E-state index < -0.39 is 5.41 Å². The van der Waals surface area contributed by atoms with Gasteiger partial charge in [-0.05, 0) is 19.8 Å². The summed E-state index contributed by atoms with van der Waals surface area (Å²) in [4.78, 5) is 12.3. The zero-order chi connectivity index (χ0) is 16.7. The number of carbonyl (C=O) groups is 1. The third-order valence-electron chi connectivity index (χ3n) is 4.42. The fraction of sp³-hybridized carbons (Fsp3) is 0.895. The first-order chi connectivity index (χ1) is 10.6. The molecule has 0 fully saturated rings. The highest BCUT2D eigenvalue weighted by atomic mass is 16.5. The van der Waals surface area contributed by atoms with E-state index in [0.29, 0.717) is 0 Å². The van der Waals surface area contributed by atoms with Crippen LogP contribution in [0.2, 0.25) is 0 Å². The van der Waals surface area contributed by atoms with Crippen molar-refractivity contribution in [3.8, 4) is 6.07 Å². The van der Waals surface area contributed by atoms with Gasteiger partial charge in [0.25, 0.3) is 0 Å². The Kier molecular flexibility index (Phi) is 13.0. The average Bonchev–Trinajstić information content (AvgIpc) is 2.52. The van der Waals surface area contributed by atoms with Crippen molar-refractivity contribution in [1.29, 1.82) is 5.26 Å². The van der Waals surface area contributed by atoms with E-state index >= 15 is 0 Å². The van der Waals surface area contributed by atoms with E-state index in [1.807, 2.05) is 13.0 Å². The van der Waals surface area contributed by atoms with Gasteiger partial charge in [0.1, 0.15) is 6.07 Å². The molecule has 0 aromatic carbocycles. The summed E-state index contributed by atoms with van der Waals surface area (Å²) in [5, 5.41) is 8.60. The van der Waals surface area contributed by atoms with Crippen LogP contribution in [0.4, 0.5) is 0 Å². The second kappa shape index (κ2) is 13.6. The maximum Gasteiger partial charge on any atom is 0.312 e. The van der Waals surface area contributed by atoms with Gasteiger partial charge >= 0.3 is 5.97 Å². The van der Waals surface area contributed by atoms with Crippen LogP contribution in [-0.2, 0) is 9.53 Å². The lowest BCUT2D eigenvalue weighted by Crippen LogP contribution is -2.30. The quantitative estimate of drug-likeness (QED) is 0.302. The molecule has 22 heavy (non-hydrogen) atoms. The van der Waals surface area contributed by atoms with Crippen LogP contribution in [0.5, 0.6) is 0 Å². The van der Waals surface area contributed by atoms with E-state index in [1.165, 1.54) is 51.4 Å². The maximum absolute atomic E-state index is 12.3. The molecule has 0 radical (unpaired) electrons. The number of esters is 1. The van der Waals surface area contributed by atoms with Crippen LogP contribution >= 0.6 is 0 Å². The molecular weight excluding hydrogens is 274 g/mol. The van der Waals surface area contributed by atoms with E-state index in [2.05, 4.69) is 13.8 Å². The molecule has 3 nitrogen and oxygen atoms in total. The van der Waals surface area contributed by atoms with Crippen molar-refractivity contribution in [1.82, 2.24) is 0 Å². The van der Waals surface area contributed by atoms with Gasteiger partial charge < -0.3 is 4.74 Å². The normalized spacial score (nSPS) is 11.2. The monoisotopic (exact) mass is 309 g/mol. The highest BCUT2D eigenvalue weighted by molar-refractivity contribution is 5.76. The minimum absolute atomic E-state index is 0.125. The first-order valence-electron chi connectivity index (χ1n) is 9.15. The second-order valence-electron chi connectivity index (χ2n) is 6.62. The molecule has 0 aliphatic heterocycles. The van der Waals surface area contributed by atoms with Crippen molar-refractivity contribution in [3.05, 3.63) is 0 Å². The fourth-order valence-corrected chi connectivity index (χ4v) is 2.84. The standard InChI is InChI=1S/C19H35NO2/c1-4-6-8-10-12-14-19(3,18(21)22-17-16-20)15-13-11-9-7-5-2/h4-15,17H2,1-3H3. The van der Waals surface area contributed by atoms with Crippen LogP contribution in [0.15, 0.2) is 0 Å². The molecule has 0 amide bonds. The largest absolute Gasteiger partial charge is 0.450 e. The summed E-state index contributed by atoms with van der Waals surface area (Å²) in [6.45, 7) is 6.31. The molecule has 0 aliphatic rings. The van der Waals surface area contributed by atoms with Gasteiger partial charge in [-0.15, -0.1) is 0 Å². The van der Waals surface area contributed by atoms with Crippen LogP contribution < -0.4 is 0 Å². The molecule has 0 unspecified atom stereocenters.